The largest absolute Gasteiger partial charge is 0.480 e. The second-order valence-electron chi connectivity index (χ2n) is 8.01. The van der Waals surface area contributed by atoms with Crippen LogP contribution in [0.5, 0.6) is 5.88 Å². The smallest absolute Gasteiger partial charge is 0.227 e. The van der Waals surface area contributed by atoms with Crippen molar-refractivity contribution >= 4 is 11.9 Å². The third kappa shape index (κ3) is 3.58. The molecule has 2 aromatic rings. The van der Waals surface area contributed by atoms with Gasteiger partial charge in [-0.2, -0.15) is 0 Å². The predicted molar refractivity (Wildman–Crippen MR) is 110 cm³/mol. The van der Waals surface area contributed by atoms with Gasteiger partial charge >= 0.3 is 0 Å². The number of piperidine rings is 1. The molecule has 0 aromatic carbocycles. The van der Waals surface area contributed by atoms with Crippen molar-refractivity contribution in [2.75, 3.05) is 31.6 Å². The topological polar surface area (TPSA) is 96.3 Å². The highest BCUT2D eigenvalue weighted by atomic mass is 16.5. The SMILES string of the molecule is COc1ncnc(C2CC2)c1-c1ncc2c(n1)N(CC1CCNCC1)C(O)C=C2. The van der Waals surface area contributed by atoms with Gasteiger partial charge in [0.25, 0.3) is 0 Å². The Labute approximate surface area is 170 Å². The Morgan fingerprint density at radius 2 is 2.00 bits per heavy atom. The van der Waals surface area contributed by atoms with Crippen molar-refractivity contribution in [3.8, 4) is 17.3 Å². The van der Waals surface area contributed by atoms with Crippen LogP contribution in [0.3, 0.4) is 0 Å². The number of aliphatic hydroxyl groups excluding tert-OH is 1. The molecule has 5 rings (SSSR count). The first-order chi connectivity index (χ1) is 14.2. The average Bonchev–Trinajstić information content (AvgIpc) is 3.61. The van der Waals surface area contributed by atoms with Crippen molar-refractivity contribution in [3.63, 3.8) is 0 Å². The van der Waals surface area contributed by atoms with Crippen LogP contribution in [-0.4, -0.2) is 58.0 Å². The summed E-state index contributed by atoms with van der Waals surface area (Å²) in [4.78, 5) is 20.3. The van der Waals surface area contributed by atoms with Gasteiger partial charge < -0.3 is 20.1 Å². The van der Waals surface area contributed by atoms with Crippen LogP contribution in [0.2, 0.25) is 0 Å². The molecule has 1 aliphatic carbocycles. The molecule has 152 valence electrons. The second kappa shape index (κ2) is 7.68. The molecule has 1 saturated heterocycles. The molecule has 1 atom stereocenters. The number of methoxy groups -OCH3 is 1. The molecule has 2 aliphatic heterocycles. The Hall–Kier alpha value is -2.58. The van der Waals surface area contributed by atoms with Gasteiger partial charge in [0.2, 0.25) is 5.88 Å². The van der Waals surface area contributed by atoms with Crippen LogP contribution in [-0.2, 0) is 0 Å². The first-order valence-corrected chi connectivity index (χ1v) is 10.3. The van der Waals surface area contributed by atoms with Gasteiger partial charge in [0.1, 0.15) is 23.9 Å². The van der Waals surface area contributed by atoms with Gasteiger partial charge in [0, 0.05) is 24.2 Å². The van der Waals surface area contributed by atoms with E-state index in [4.69, 9.17) is 9.72 Å². The van der Waals surface area contributed by atoms with E-state index < -0.39 is 6.23 Å². The highest BCUT2D eigenvalue weighted by Gasteiger charge is 2.32. The van der Waals surface area contributed by atoms with Gasteiger partial charge in [0.05, 0.1) is 12.8 Å². The maximum Gasteiger partial charge on any atom is 0.227 e. The molecule has 0 spiro atoms. The Morgan fingerprint density at radius 3 is 2.76 bits per heavy atom. The van der Waals surface area contributed by atoms with Crippen LogP contribution in [0.25, 0.3) is 17.5 Å². The van der Waals surface area contributed by atoms with Crippen LogP contribution in [0.1, 0.15) is 42.9 Å². The van der Waals surface area contributed by atoms with Crippen molar-refractivity contribution in [2.45, 2.75) is 37.8 Å². The van der Waals surface area contributed by atoms with Crippen LogP contribution in [0.15, 0.2) is 18.6 Å². The van der Waals surface area contributed by atoms with E-state index in [9.17, 15) is 5.11 Å². The van der Waals surface area contributed by atoms with Gasteiger partial charge in [-0.25, -0.2) is 19.9 Å². The molecule has 4 heterocycles. The normalized spacial score (nSPS) is 21.9. The fourth-order valence-corrected chi connectivity index (χ4v) is 4.22. The number of hydrogen-bond donors (Lipinski definition) is 2. The summed E-state index contributed by atoms with van der Waals surface area (Å²) in [5, 5.41) is 14.1. The Morgan fingerprint density at radius 1 is 1.17 bits per heavy atom. The van der Waals surface area contributed by atoms with Gasteiger partial charge in [-0.3, -0.25) is 0 Å². The summed E-state index contributed by atoms with van der Waals surface area (Å²) in [6.45, 7) is 2.82. The predicted octanol–water partition coefficient (Wildman–Crippen LogP) is 1.97. The van der Waals surface area contributed by atoms with Crippen molar-refractivity contribution in [1.82, 2.24) is 25.3 Å². The lowest BCUT2D eigenvalue weighted by atomic mass is 9.96. The molecule has 1 unspecified atom stereocenters. The summed E-state index contributed by atoms with van der Waals surface area (Å²) in [6.07, 6.45) is 10.8. The second-order valence-corrected chi connectivity index (χ2v) is 8.01. The molecule has 3 aliphatic rings. The van der Waals surface area contributed by atoms with Crippen molar-refractivity contribution in [1.29, 1.82) is 0 Å². The summed E-state index contributed by atoms with van der Waals surface area (Å²) < 4.78 is 5.52. The number of anilines is 1. The fraction of sp³-hybridized carbons (Fsp3) is 0.524. The van der Waals surface area contributed by atoms with Crippen LogP contribution >= 0.6 is 0 Å². The highest BCUT2D eigenvalue weighted by molar-refractivity contribution is 5.73. The maximum absolute atomic E-state index is 10.7. The molecule has 2 aromatic heterocycles. The number of aliphatic hydroxyl groups is 1. The summed E-state index contributed by atoms with van der Waals surface area (Å²) in [6, 6.07) is 0. The summed E-state index contributed by atoms with van der Waals surface area (Å²) in [5.41, 5.74) is 2.64. The minimum Gasteiger partial charge on any atom is -0.480 e. The fourth-order valence-electron chi connectivity index (χ4n) is 4.22. The van der Waals surface area contributed by atoms with E-state index in [1.165, 1.54) is 0 Å². The van der Waals surface area contributed by atoms with Gasteiger partial charge in [-0.15, -0.1) is 0 Å². The molecule has 2 N–H and O–H groups in total. The molecule has 8 heteroatoms. The maximum atomic E-state index is 10.7. The Kier molecular flexibility index (Phi) is 4.89. The number of aromatic nitrogens is 4. The lowest BCUT2D eigenvalue weighted by molar-refractivity contribution is 0.203. The van der Waals surface area contributed by atoms with Crippen LogP contribution in [0, 0.1) is 5.92 Å². The molecule has 0 amide bonds. The number of ether oxygens (including phenoxy) is 1. The van der Waals surface area contributed by atoms with E-state index in [2.05, 4.69) is 20.3 Å². The summed E-state index contributed by atoms with van der Waals surface area (Å²) in [7, 11) is 1.61. The van der Waals surface area contributed by atoms with Gasteiger partial charge in [0.15, 0.2) is 5.82 Å². The average molecular weight is 394 g/mol. The third-order valence-corrected chi connectivity index (χ3v) is 5.97. The molecular weight excluding hydrogens is 368 g/mol. The highest BCUT2D eigenvalue weighted by Crippen LogP contribution is 2.45. The molecule has 1 saturated carbocycles. The quantitative estimate of drug-likeness (QED) is 0.795. The Bertz CT molecular complexity index is 923. The minimum absolute atomic E-state index is 0.415. The molecule has 0 radical (unpaired) electrons. The number of nitrogens with zero attached hydrogens (tertiary/aromatic N) is 5. The third-order valence-electron chi connectivity index (χ3n) is 5.97. The van der Waals surface area contributed by atoms with E-state index in [0.717, 1.165) is 68.0 Å². The Balaban J connectivity index is 1.54. The van der Waals surface area contributed by atoms with E-state index in [1.807, 2.05) is 17.2 Å². The zero-order valence-electron chi connectivity index (χ0n) is 16.6. The molecule has 8 nitrogen and oxygen atoms in total. The van der Waals surface area contributed by atoms with Gasteiger partial charge in [-0.05, 0) is 56.8 Å². The minimum atomic E-state index is -0.683. The number of fused-ring (bicyclic) bond motifs is 1. The lowest BCUT2D eigenvalue weighted by Crippen LogP contribution is -2.43. The first-order valence-electron chi connectivity index (χ1n) is 10.3. The molecule has 0 bridgehead atoms. The van der Waals surface area contributed by atoms with Crippen LogP contribution in [0.4, 0.5) is 5.82 Å². The van der Waals surface area contributed by atoms with E-state index in [1.54, 1.807) is 19.5 Å². The molecular formula is C21H26N6O2. The number of rotatable bonds is 5. The van der Waals surface area contributed by atoms with E-state index in [-0.39, 0.29) is 0 Å². The monoisotopic (exact) mass is 394 g/mol. The summed E-state index contributed by atoms with van der Waals surface area (Å²) in [5.74, 6) is 2.76. The standard InChI is InChI=1S/C21H26N6O2/c1-29-21-17(18(14-2-3-14)24-12-25-21)19-23-10-15-4-5-16(28)27(20(15)26-19)11-13-6-8-22-9-7-13/h4-5,10,12-14,16,22,28H,2-3,6-9,11H2,1H3. The molecule has 2 fully saturated rings. The summed E-state index contributed by atoms with van der Waals surface area (Å²) >= 11 is 0. The zero-order chi connectivity index (χ0) is 19.8. The van der Waals surface area contributed by atoms with E-state index in [0.29, 0.717) is 23.5 Å². The molecule has 29 heavy (non-hydrogen) atoms. The number of hydrogen-bond acceptors (Lipinski definition) is 8. The van der Waals surface area contributed by atoms with Crippen molar-refractivity contribution in [2.24, 2.45) is 5.92 Å². The van der Waals surface area contributed by atoms with Crippen LogP contribution < -0.4 is 15.0 Å². The lowest BCUT2D eigenvalue weighted by Gasteiger charge is -2.35. The van der Waals surface area contributed by atoms with Crippen molar-refractivity contribution < 1.29 is 9.84 Å². The number of nitrogens with one attached hydrogen (secondary N) is 1. The van der Waals surface area contributed by atoms with E-state index >= 15 is 0 Å². The zero-order valence-corrected chi connectivity index (χ0v) is 16.6. The first kappa shape index (κ1) is 18.4. The van der Waals surface area contributed by atoms with Crippen molar-refractivity contribution in [3.05, 3.63) is 29.9 Å². The van der Waals surface area contributed by atoms with Gasteiger partial charge in [-0.1, -0.05) is 0 Å².